The summed E-state index contributed by atoms with van der Waals surface area (Å²) < 4.78 is 11.0. The first-order valence-electron chi connectivity index (χ1n) is 7.76. The summed E-state index contributed by atoms with van der Waals surface area (Å²) in [5.74, 6) is -0.445. The van der Waals surface area contributed by atoms with E-state index in [9.17, 15) is 15.0 Å². The molecule has 2 aromatic rings. The number of phenols is 1. The lowest BCUT2D eigenvalue weighted by atomic mass is 9.92. The summed E-state index contributed by atoms with van der Waals surface area (Å²) in [4.78, 5) is 11.6. The molecule has 0 amide bonds. The van der Waals surface area contributed by atoms with E-state index >= 15 is 0 Å². The minimum Gasteiger partial charge on any atom is -0.508 e. The van der Waals surface area contributed by atoms with Crippen LogP contribution >= 0.6 is 0 Å². The molecule has 0 aliphatic heterocycles. The Balaban J connectivity index is 2.28. The Labute approximate surface area is 141 Å². The van der Waals surface area contributed by atoms with Crippen molar-refractivity contribution in [1.29, 1.82) is 0 Å². The van der Waals surface area contributed by atoms with Crippen molar-refractivity contribution in [3.63, 3.8) is 0 Å². The first-order chi connectivity index (χ1) is 11.4. The molecule has 128 valence electrons. The second-order valence-corrected chi connectivity index (χ2v) is 5.84. The van der Waals surface area contributed by atoms with Gasteiger partial charge in [0, 0.05) is 0 Å². The summed E-state index contributed by atoms with van der Waals surface area (Å²) in [6, 6.07) is 11.7. The van der Waals surface area contributed by atoms with E-state index in [1.165, 1.54) is 12.1 Å². The highest BCUT2D eigenvalue weighted by atomic mass is 16.5. The number of hydrogen-bond acceptors (Lipinski definition) is 4. The van der Waals surface area contributed by atoms with Crippen molar-refractivity contribution >= 4 is 5.97 Å². The molecule has 1 unspecified atom stereocenters. The zero-order valence-electron chi connectivity index (χ0n) is 14.0. The molecule has 0 aliphatic carbocycles. The molecule has 0 radical (unpaired) electrons. The predicted octanol–water partition coefficient (Wildman–Crippen LogP) is 3.60. The van der Waals surface area contributed by atoms with Crippen LogP contribution in [0.3, 0.4) is 0 Å². The van der Waals surface area contributed by atoms with Gasteiger partial charge in [0.25, 0.3) is 0 Å². The van der Waals surface area contributed by atoms with Crippen LogP contribution in [0, 0.1) is 0 Å². The van der Waals surface area contributed by atoms with Gasteiger partial charge in [-0.3, -0.25) is 4.79 Å². The van der Waals surface area contributed by atoms with E-state index < -0.39 is 11.9 Å². The molecule has 0 saturated heterocycles. The summed E-state index contributed by atoms with van der Waals surface area (Å²) in [5.41, 5.74) is 1.38. The highest BCUT2D eigenvalue weighted by Gasteiger charge is 2.21. The highest BCUT2D eigenvalue weighted by molar-refractivity contribution is 5.76. The van der Waals surface area contributed by atoms with Crippen molar-refractivity contribution in [1.82, 2.24) is 0 Å². The van der Waals surface area contributed by atoms with Gasteiger partial charge in [-0.1, -0.05) is 18.2 Å². The van der Waals surface area contributed by atoms with Gasteiger partial charge in [-0.05, 0) is 55.7 Å². The van der Waals surface area contributed by atoms with E-state index in [1.54, 1.807) is 31.4 Å². The Morgan fingerprint density at radius 1 is 1.12 bits per heavy atom. The average molecular weight is 330 g/mol. The Bertz CT molecular complexity index is 709. The van der Waals surface area contributed by atoms with Crippen molar-refractivity contribution in [2.24, 2.45) is 0 Å². The first-order valence-corrected chi connectivity index (χ1v) is 7.76. The molecule has 24 heavy (non-hydrogen) atoms. The smallest absolute Gasteiger partial charge is 0.311 e. The van der Waals surface area contributed by atoms with Crippen molar-refractivity contribution < 1.29 is 24.5 Å². The number of methoxy groups -OCH3 is 1. The van der Waals surface area contributed by atoms with Crippen LogP contribution in [-0.2, 0) is 11.2 Å². The van der Waals surface area contributed by atoms with Crippen LogP contribution in [0.4, 0.5) is 0 Å². The minimum absolute atomic E-state index is 0.0174. The lowest BCUT2D eigenvalue weighted by Gasteiger charge is -2.17. The molecule has 0 aromatic heterocycles. The molecule has 0 spiro atoms. The Morgan fingerprint density at radius 2 is 1.88 bits per heavy atom. The fourth-order valence-electron chi connectivity index (χ4n) is 2.52. The molecular formula is C19H22O5. The van der Waals surface area contributed by atoms with Crippen LogP contribution in [0.15, 0.2) is 42.5 Å². The van der Waals surface area contributed by atoms with Crippen LogP contribution < -0.4 is 9.47 Å². The van der Waals surface area contributed by atoms with E-state index in [0.29, 0.717) is 17.1 Å². The Hall–Kier alpha value is -2.69. The van der Waals surface area contributed by atoms with Gasteiger partial charge in [0.15, 0.2) is 11.5 Å². The quantitative estimate of drug-likeness (QED) is 0.811. The van der Waals surface area contributed by atoms with Crippen molar-refractivity contribution in [2.75, 3.05) is 7.11 Å². The molecule has 0 bridgehead atoms. The Kier molecular flexibility index (Phi) is 5.68. The third-order valence-corrected chi connectivity index (χ3v) is 3.60. The molecule has 0 fully saturated rings. The van der Waals surface area contributed by atoms with Gasteiger partial charge in [0.2, 0.25) is 0 Å². The summed E-state index contributed by atoms with van der Waals surface area (Å²) in [5, 5.41) is 19.1. The lowest BCUT2D eigenvalue weighted by molar-refractivity contribution is -0.138. The zero-order valence-corrected chi connectivity index (χ0v) is 14.0. The van der Waals surface area contributed by atoms with Gasteiger partial charge in [-0.25, -0.2) is 0 Å². The second kappa shape index (κ2) is 7.73. The number of rotatable bonds is 7. The van der Waals surface area contributed by atoms with E-state index in [4.69, 9.17) is 9.47 Å². The molecule has 2 rings (SSSR count). The molecule has 0 aliphatic rings. The highest BCUT2D eigenvalue weighted by Crippen LogP contribution is 2.31. The molecule has 5 heteroatoms. The maximum atomic E-state index is 11.6. The molecule has 2 aromatic carbocycles. The summed E-state index contributed by atoms with van der Waals surface area (Å²) in [7, 11) is 1.55. The monoisotopic (exact) mass is 330 g/mol. The molecule has 5 nitrogen and oxygen atoms in total. The van der Waals surface area contributed by atoms with E-state index in [2.05, 4.69) is 0 Å². The number of hydrogen-bond donors (Lipinski definition) is 2. The number of carbonyl (C=O) groups is 1. The normalized spacial score (nSPS) is 12.0. The number of aromatic hydroxyl groups is 1. The topological polar surface area (TPSA) is 76.0 Å². The maximum absolute atomic E-state index is 11.6. The molecular weight excluding hydrogens is 308 g/mol. The van der Waals surface area contributed by atoms with E-state index in [1.807, 2.05) is 19.9 Å². The number of aliphatic carboxylic acids is 1. The van der Waals surface area contributed by atoms with E-state index in [-0.39, 0.29) is 18.3 Å². The van der Waals surface area contributed by atoms with Gasteiger partial charge in [-0.2, -0.15) is 0 Å². The van der Waals surface area contributed by atoms with Crippen molar-refractivity contribution in [2.45, 2.75) is 32.3 Å². The molecule has 0 saturated carbocycles. The largest absolute Gasteiger partial charge is 0.508 e. The van der Waals surface area contributed by atoms with Gasteiger partial charge >= 0.3 is 5.97 Å². The molecule has 1 atom stereocenters. The van der Waals surface area contributed by atoms with Crippen molar-refractivity contribution in [3.05, 3.63) is 53.6 Å². The number of phenolic OH excluding ortho intramolecular Hbond substituents is 1. The lowest BCUT2D eigenvalue weighted by Crippen LogP contribution is -2.14. The predicted molar refractivity (Wildman–Crippen MR) is 90.9 cm³/mol. The number of benzene rings is 2. The number of ether oxygens (including phenoxy) is 2. The van der Waals surface area contributed by atoms with Crippen LogP contribution in [0.1, 0.15) is 30.9 Å². The zero-order chi connectivity index (χ0) is 17.7. The van der Waals surface area contributed by atoms with Gasteiger partial charge in [-0.15, -0.1) is 0 Å². The number of carboxylic acids is 1. The fraction of sp³-hybridized carbons (Fsp3) is 0.316. The molecule has 2 N–H and O–H groups in total. The second-order valence-electron chi connectivity index (χ2n) is 5.84. The van der Waals surface area contributed by atoms with Crippen LogP contribution in [0.5, 0.6) is 17.2 Å². The third kappa shape index (κ3) is 4.41. The number of carboxylic acid groups (broad SMARTS) is 1. The van der Waals surface area contributed by atoms with Crippen LogP contribution in [-0.4, -0.2) is 29.4 Å². The van der Waals surface area contributed by atoms with E-state index in [0.717, 1.165) is 5.56 Å². The summed E-state index contributed by atoms with van der Waals surface area (Å²) in [6.45, 7) is 3.85. The van der Waals surface area contributed by atoms with Crippen molar-refractivity contribution in [3.8, 4) is 17.2 Å². The fourth-order valence-corrected chi connectivity index (χ4v) is 2.52. The first kappa shape index (κ1) is 17.7. The van der Waals surface area contributed by atoms with Gasteiger partial charge in [0.05, 0.1) is 19.1 Å². The maximum Gasteiger partial charge on any atom is 0.311 e. The molecule has 0 heterocycles. The van der Waals surface area contributed by atoms with Gasteiger partial charge in [0.1, 0.15) is 5.75 Å². The standard InChI is InChI=1S/C19H22O5/c1-12(2)24-17-8-7-13(10-18(17)23-3)9-16(19(21)22)14-5-4-6-15(20)11-14/h4-8,10-12,16,20H,9H2,1-3H3,(H,21,22). The third-order valence-electron chi connectivity index (χ3n) is 3.60. The van der Waals surface area contributed by atoms with Crippen LogP contribution in [0.2, 0.25) is 0 Å². The minimum atomic E-state index is -0.943. The average Bonchev–Trinajstić information content (AvgIpc) is 2.52. The summed E-state index contributed by atoms with van der Waals surface area (Å²) >= 11 is 0. The summed E-state index contributed by atoms with van der Waals surface area (Å²) in [6.07, 6.45) is 0.306. The van der Waals surface area contributed by atoms with Gasteiger partial charge < -0.3 is 19.7 Å². The van der Waals surface area contributed by atoms with Crippen LogP contribution in [0.25, 0.3) is 0 Å². The Morgan fingerprint density at radius 3 is 2.46 bits per heavy atom. The SMILES string of the molecule is COc1cc(CC(C(=O)O)c2cccc(O)c2)ccc1OC(C)C.